The lowest BCUT2D eigenvalue weighted by atomic mass is 9.98. The molecule has 0 fully saturated rings. The van der Waals surface area contributed by atoms with Crippen LogP contribution in [-0.2, 0) is 0 Å². The number of pyridine rings is 1. The lowest BCUT2D eigenvalue weighted by Crippen LogP contribution is -2.29. The minimum absolute atomic E-state index is 0.107. The van der Waals surface area contributed by atoms with Gasteiger partial charge in [-0.3, -0.25) is 10.8 Å². The molecule has 20 heavy (non-hydrogen) atoms. The maximum Gasteiger partial charge on any atom is 0.124 e. The van der Waals surface area contributed by atoms with Gasteiger partial charge < -0.3 is 4.74 Å². The largest absolute Gasteiger partial charge is 0.493 e. The summed E-state index contributed by atoms with van der Waals surface area (Å²) in [5.41, 5.74) is 5.95. The van der Waals surface area contributed by atoms with E-state index in [9.17, 15) is 0 Å². The summed E-state index contributed by atoms with van der Waals surface area (Å²) >= 11 is 0. The fourth-order valence-electron chi connectivity index (χ4n) is 2.18. The van der Waals surface area contributed by atoms with Crippen LogP contribution < -0.4 is 16.0 Å². The van der Waals surface area contributed by atoms with Gasteiger partial charge in [-0.25, -0.2) is 5.43 Å². The Labute approximate surface area is 120 Å². The number of hydrogen-bond donors (Lipinski definition) is 2. The second-order valence-electron chi connectivity index (χ2n) is 4.72. The average molecular weight is 271 g/mol. The minimum atomic E-state index is -0.107. The van der Waals surface area contributed by atoms with Crippen LogP contribution in [0.5, 0.6) is 5.75 Å². The van der Waals surface area contributed by atoms with Gasteiger partial charge in [-0.15, -0.1) is 0 Å². The van der Waals surface area contributed by atoms with E-state index in [4.69, 9.17) is 10.6 Å². The molecule has 0 aliphatic rings. The van der Waals surface area contributed by atoms with Crippen LogP contribution in [0.1, 0.15) is 36.2 Å². The first-order chi connectivity index (χ1) is 9.76. The van der Waals surface area contributed by atoms with Crippen molar-refractivity contribution >= 4 is 0 Å². The molecule has 1 heterocycles. The van der Waals surface area contributed by atoms with E-state index in [1.165, 1.54) is 0 Å². The SMILES string of the molecule is CCCOc1ccccc1C(NN)c1ccnc(C)c1. The molecule has 0 saturated heterocycles. The van der Waals surface area contributed by atoms with Crippen LogP contribution in [0.3, 0.4) is 0 Å². The molecule has 0 saturated carbocycles. The Hall–Kier alpha value is -1.91. The van der Waals surface area contributed by atoms with Crippen molar-refractivity contribution < 1.29 is 4.74 Å². The summed E-state index contributed by atoms with van der Waals surface area (Å²) in [7, 11) is 0. The number of rotatable bonds is 6. The molecule has 2 aromatic rings. The van der Waals surface area contributed by atoms with E-state index in [1.807, 2.05) is 43.3 Å². The Morgan fingerprint density at radius 3 is 2.80 bits per heavy atom. The predicted octanol–water partition coefficient (Wildman–Crippen LogP) is 2.73. The molecule has 0 spiro atoms. The molecule has 1 unspecified atom stereocenters. The Morgan fingerprint density at radius 2 is 2.10 bits per heavy atom. The number of nitrogens with one attached hydrogen (secondary N) is 1. The maximum absolute atomic E-state index is 5.81. The van der Waals surface area contributed by atoms with Crippen LogP contribution in [0.4, 0.5) is 0 Å². The Balaban J connectivity index is 2.36. The molecule has 2 rings (SSSR count). The number of para-hydroxylation sites is 1. The first-order valence-electron chi connectivity index (χ1n) is 6.86. The molecule has 4 heteroatoms. The van der Waals surface area contributed by atoms with E-state index < -0.39 is 0 Å². The van der Waals surface area contributed by atoms with Crippen LogP contribution in [-0.4, -0.2) is 11.6 Å². The topological polar surface area (TPSA) is 60.2 Å². The Morgan fingerprint density at radius 1 is 1.30 bits per heavy atom. The summed E-state index contributed by atoms with van der Waals surface area (Å²) in [4.78, 5) is 4.22. The van der Waals surface area contributed by atoms with E-state index >= 15 is 0 Å². The molecule has 0 amide bonds. The van der Waals surface area contributed by atoms with Gasteiger partial charge in [0.15, 0.2) is 0 Å². The normalized spacial score (nSPS) is 12.2. The van der Waals surface area contributed by atoms with Gasteiger partial charge in [0.2, 0.25) is 0 Å². The van der Waals surface area contributed by atoms with Crippen molar-refractivity contribution in [1.29, 1.82) is 0 Å². The van der Waals surface area contributed by atoms with Crippen LogP contribution in [0.25, 0.3) is 0 Å². The van der Waals surface area contributed by atoms with Gasteiger partial charge >= 0.3 is 0 Å². The second kappa shape index (κ2) is 7.03. The summed E-state index contributed by atoms with van der Waals surface area (Å²) in [5.74, 6) is 6.63. The van der Waals surface area contributed by atoms with E-state index in [2.05, 4.69) is 17.3 Å². The van der Waals surface area contributed by atoms with Crippen molar-refractivity contribution in [2.24, 2.45) is 5.84 Å². The number of ether oxygens (including phenoxy) is 1. The number of aryl methyl sites for hydroxylation is 1. The molecule has 0 aliphatic carbocycles. The second-order valence-corrected chi connectivity index (χ2v) is 4.72. The number of nitrogens with zero attached hydrogens (tertiary/aromatic N) is 1. The number of hydrazine groups is 1. The smallest absolute Gasteiger partial charge is 0.124 e. The van der Waals surface area contributed by atoms with Crippen LogP contribution in [0, 0.1) is 6.92 Å². The number of nitrogens with two attached hydrogens (primary N) is 1. The van der Waals surface area contributed by atoms with Crippen molar-refractivity contribution in [3.8, 4) is 5.75 Å². The highest BCUT2D eigenvalue weighted by Gasteiger charge is 2.17. The molecule has 3 N–H and O–H groups in total. The Kier molecular flexibility index (Phi) is 5.09. The lowest BCUT2D eigenvalue weighted by Gasteiger charge is -2.20. The van der Waals surface area contributed by atoms with Gasteiger partial charge in [0.1, 0.15) is 5.75 Å². The minimum Gasteiger partial charge on any atom is -0.493 e. The third kappa shape index (κ3) is 3.35. The number of hydrogen-bond acceptors (Lipinski definition) is 4. The van der Waals surface area contributed by atoms with Gasteiger partial charge in [0, 0.05) is 17.5 Å². The summed E-state index contributed by atoms with van der Waals surface area (Å²) in [6, 6.07) is 11.9. The van der Waals surface area contributed by atoms with Crippen molar-refractivity contribution in [1.82, 2.24) is 10.4 Å². The molecule has 1 atom stereocenters. The van der Waals surface area contributed by atoms with Crippen molar-refractivity contribution in [3.63, 3.8) is 0 Å². The zero-order valence-corrected chi connectivity index (χ0v) is 12.0. The third-order valence-electron chi connectivity index (χ3n) is 3.11. The summed E-state index contributed by atoms with van der Waals surface area (Å²) in [6.07, 6.45) is 2.77. The van der Waals surface area contributed by atoms with Crippen molar-refractivity contribution in [2.75, 3.05) is 6.61 Å². The van der Waals surface area contributed by atoms with E-state index in [0.717, 1.165) is 29.0 Å². The highest BCUT2D eigenvalue weighted by molar-refractivity contribution is 5.41. The van der Waals surface area contributed by atoms with Gasteiger partial charge in [-0.05, 0) is 37.1 Å². The monoisotopic (exact) mass is 271 g/mol. The molecular formula is C16H21N3O. The zero-order valence-electron chi connectivity index (χ0n) is 12.0. The fourth-order valence-corrected chi connectivity index (χ4v) is 2.18. The Bertz CT molecular complexity index is 557. The van der Waals surface area contributed by atoms with Gasteiger partial charge in [0.25, 0.3) is 0 Å². The predicted molar refractivity (Wildman–Crippen MR) is 80.4 cm³/mol. The van der Waals surface area contributed by atoms with Gasteiger partial charge in [0.05, 0.1) is 12.6 Å². The first kappa shape index (κ1) is 14.5. The average Bonchev–Trinajstić information content (AvgIpc) is 2.47. The number of benzene rings is 1. The lowest BCUT2D eigenvalue weighted by molar-refractivity contribution is 0.311. The highest BCUT2D eigenvalue weighted by atomic mass is 16.5. The first-order valence-corrected chi connectivity index (χ1v) is 6.86. The molecule has 106 valence electrons. The van der Waals surface area contributed by atoms with E-state index in [0.29, 0.717) is 6.61 Å². The van der Waals surface area contributed by atoms with Crippen LogP contribution >= 0.6 is 0 Å². The van der Waals surface area contributed by atoms with Gasteiger partial charge in [-0.2, -0.15) is 0 Å². The summed E-state index contributed by atoms with van der Waals surface area (Å²) < 4.78 is 5.81. The molecule has 4 nitrogen and oxygen atoms in total. The quantitative estimate of drug-likeness (QED) is 0.626. The van der Waals surface area contributed by atoms with E-state index in [-0.39, 0.29) is 6.04 Å². The van der Waals surface area contributed by atoms with Crippen LogP contribution in [0.2, 0.25) is 0 Å². The maximum atomic E-state index is 5.81. The molecular weight excluding hydrogens is 250 g/mol. The molecule has 1 aromatic carbocycles. The summed E-state index contributed by atoms with van der Waals surface area (Å²) in [5, 5.41) is 0. The van der Waals surface area contributed by atoms with Gasteiger partial charge in [-0.1, -0.05) is 25.1 Å². The summed E-state index contributed by atoms with van der Waals surface area (Å²) in [6.45, 7) is 4.76. The molecule has 0 radical (unpaired) electrons. The van der Waals surface area contributed by atoms with Crippen molar-refractivity contribution in [3.05, 3.63) is 59.4 Å². The molecule has 1 aromatic heterocycles. The van der Waals surface area contributed by atoms with Crippen molar-refractivity contribution in [2.45, 2.75) is 26.3 Å². The standard InChI is InChI=1S/C16H21N3O/c1-3-10-20-15-7-5-4-6-14(15)16(19-17)13-8-9-18-12(2)11-13/h4-9,11,16,19H,3,10,17H2,1-2H3. The fraction of sp³-hybridized carbons (Fsp3) is 0.312. The zero-order chi connectivity index (χ0) is 14.4. The molecule has 0 aliphatic heterocycles. The highest BCUT2D eigenvalue weighted by Crippen LogP contribution is 2.29. The van der Waals surface area contributed by atoms with E-state index in [1.54, 1.807) is 6.20 Å². The third-order valence-corrected chi connectivity index (χ3v) is 3.11. The van der Waals surface area contributed by atoms with Crippen LogP contribution in [0.15, 0.2) is 42.6 Å². The molecule has 0 bridgehead atoms. The number of aromatic nitrogens is 1.